The summed E-state index contributed by atoms with van der Waals surface area (Å²) in [5.41, 5.74) is 0. The minimum atomic E-state index is -0.0877. The summed E-state index contributed by atoms with van der Waals surface area (Å²) in [4.78, 5) is 10.8. The van der Waals surface area contributed by atoms with E-state index in [2.05, 4.69) is 32.8 Å². The zero-order valence-corrected chi connectivity index (χ0v) is 11.1. The van der Waals surface area contributed by atoms with Crippen LogP contribution in [0.3, 0.4) is 0 Å². The standard InChI is InChI=1S/C12H21BrO2/c1-15-12(14)10-8-6-4-2-3-5-7-9-11-13/h7,9H,2-6,8,10-11H2,1H3/b9-7-. The molecule has 0 saturated carbocycles. The average Bonchev–Trinajstić information content (AvgIpc) is 2.26. The second kappa shape index (κ2) is 11.8. The summed E-state index contributed by atoms with van der Waals surface area (Å²) in [6.45, 7) is 0. The first kappa shape index (κ1) is 14.7. The first-order valence-corrected chi connectivity index (χ1v) is 6.71. The summed E-state index contributed by atoms with van der Waals surface area (Å²) in [7, 11) is 1.44. The molecule has 0 saturated heterocycles. The molecule has 0 aromatic heterocycles. The summed E-state index contributed by atoms with van der Waals surface area (Å²) < 4.78 is 4.57. The number of carbonyl (C=O) groups excluding carboxylic acids is 1. The van der Waals surface area contributed by atoms with Crippen LogP contribution in [0.2, 0.25) is 0 Å². The monoisotopic (exact) mass is 276 g/mol. The lowest BCUT2D eigenvalue weighted by molar-refractivity contribution is -0.140. The van der Waals surface area contributed by atoms with E-state index in [4.69, 9.17) is 0 Å². The van der Waals surface area contributed by atoms with Gasteiger partial charge in [0, 0.05) is 11.8 Å². The molecule has 0 N–H and O–H groups in total. The minimum absolute atomic E-state index is 0.0877. The topological polar surface area (TPSA) is 26.3 Å². The van der Waals surface area contributed by atoms with Crippen molar-refractivity contribution in [2.24, 2.45) is 0 Å². The van der Waals surface area contributed by atoms with Gasteiger partial charge in [-0.15, -0.1) is 0 Å². The second-order valence-electron chi connectivity index (χ2n) is 3.51. The van der Waals surface area contributed by atoms with Crippen molar-refractivity contribution >= 4 is 21.9 Å². The van der Waals surface area contributed by atoms with Crippen molar-refractivity contribution in [3.63, 3.8) is 0 Å². The Morgan fingerprint density at radius 2 is 1.80 bits per heavy atom. The van der Waals surface area contributed by atoms with Crippen LogP contribution in [0.15, 0.2) is 12.2 Å². The van der Waals surface area contributed by atoms with Crippen LogP contribution in [-0.4, -0.2) is 18.4 Å². The average molecular weight is 277 g/mol. The summed E-state index contributed by atoms with van der Waals surface area (Å²) in [5.74, 6) is -0.0877. The Bertz CT molecular complexity index is 178. The third-order valence-corrected chi connectivity index (χ3v) is 2.61. The third-order valence-electron chi connectivity index (χ3n) is 2.24. The number of ether oxygens (including phenoxy) is 1. The number of unbranched alkanes of at least 4 members (excludes halogenated alkanes) is 5. The molecule has 0 aromatic carbocycles. The second-order valence-corrected chi connectivity index (χ2v) is 4.16. The van der Waals surface area contributed by atoms with Crippen molar-refractivity contribution in [2.45, 2.75) is 44.9 Å². The lowest BCUT2D eigenvalue weighted by atomic mass is 10.1. The molecule has 0 aliphatic heterocycles. The van der Waals surface area contributed by atoms with E-state index in [0.29, 0.717) is 6.42 Å². The highest BCUT2D eigenvalue weighted by Gasteiger charge is 1.98. The van der Waals surface area contributed by atoms with E-state index in [0.717, 1.165) is 18.2 Å². The van der Waals surface area contributed by atoms with Crippen molar-refractivity contribution in [1.29, 1.82) is 0 Å². The molecule has 0 fully saturated rings. The number of hydrogen-bond acceptors (Lipinski definition) is 2. The van der Waals surface area contributed by atoms with Gasteiger partial charge in [0.15, 0.2) is 0 Å². The predicted octanol–water partition coefficient (Wildman–Crippen LogP) is 3.84. The fourth-order valence-corrected chi connectivity index (χ4v) is 1.61. The maximum atomic E-state index is 10.8. The first-order valence-electron chi connectivity index (χ1n) is 5.59. The fraction of sp³-hybridized carbons (Fsp3) is 0.750. The van der Waals surface area contributed by atoms with Gasteiger partial charge in [-0.1, -0.05) is 47.3 Å². The highest BCUT2D eigenvalue weighted by Crippen LogP contribution is 2.08. The summed E-state index contributed by atoms with van der Waals surface area (Å²) in [5, 5.41) is 0.951. The smallest absolute Gasteiger partial charge is 0.305 e. The van der Waals surface area contributed by atoms with Crippen LogP contribution >= 0.6 is 15.9 Å². The molecule has 0 unspecified atom stereocenters. The molecule has 2 nitrogen and oxygen atoms in total. The van der Waals surface area contributed by atoms with Gasteiger partial charge in [0.2, 0.25) is 0 Å². The van der Waals surface area contributed by atoms with Gasteiger partial charge in [-0.25, -0.2) is 0 Å². The third kappa shape index (κ3) is 11.6. The Kier molecular flexibility index (Phi) is 11.5. The number of rotatable bonds is 9. The quantitative estimate of drug-likeness (QED) is 0.277. The Hall–Kier alpha value is -0.310. The SMILES string of the molecule is COC(=O)CCCCCCC/C=C\CBr. The Morgan fingerprint density at radius 3 is 2.47 bits per heavy atom. The molecule has 0 radical (unpaired) electrons. The molecular weight excluding hydrogens is 256 g/mol. The van der Waals surface area contributed by atoms with Crippen LogP contribution < -0.4 is 0 Å². The molecule has 15 heavy (non-hydrogen) atoms. The van der Waals surface area contributed by atoms with E-state index >= 15 is 0 Å². The normalized spacial score (nSPS) is 10.8. The van der Waals surface area contributed by atoms with Crippen LogP contribution in [-0.2, 0) is 9.53 Å². The Balaban J connectivity index is 3.05. The van der Waals surface area contributed by atoms with Crippen LogP contribution in [0.25, 0.3) is 0 Å². The lowest BCUT2D eigenvalue weighted by Gasteiger charge is -1.99. The molecule has 3 heteroatoms. The van der Waals surface area contributed by atoms with Crippen molar-refractivity contribution in [1.82, 2.24) is 0 Å². The zero-order chi connectivity index (χ0) is 11.4. The van der Waals surface area contributed by atoms with Gasteiger partial charge in [0.25, 0.3) is 0 Å². The van der Waals surface area contributed by atoms with Gasteiger partial charge in [-0.2, -0.15) is 0 Å². The van der Waals surface area contributed by atoms with Gasteiger partial charge in [0.05, 0.1) is 7.11 Å². The molecule has 0 atom stereocenters. The largest absolute Gasteiger partial charge is 0.469 e. The summed E-state index contributed by atoms with van der Waals surface area (Å²) in [6, 6.07) is 0. The van der Waals surface area contributed by atoms with E-state index in [1.807, 2.05) is 0 Å². The van der Waals surface area contributed by atoms with Gasteiger partial charge < -0.3 is 4.74 Å². The highest BCUT2D eigenvalue weighted by atomic mass is 79.9. The van der Waals surface area contributed by atoms with Gasteiger partial charge in [0.1, 0.15) is 0 Å². The maximum Gasteiger partial charge on any atom is 0.305 e. The number of halogens is 1. The molecule has 88 valence electrons. The summed E-state index contributed by atoms with van der Waals surface area (Å²) in [6.07, 6.45) is 11.9. The fourth-order valence-electron chi connectivity index (χ4n) is 1.34. The number of hydrogen-bond donors (Lipinski definition) is 0. The van der Waals surface area contributed by atoms with Crippen LogP contribution in [0.4, 0.5) is 0 Å². The molecule has 0 bridgehead atoms. The molecule has 0 heterocycles. The molecule has 0 spiro atoms. The number of carbonyl (C=O) groups is 1. The predicted molar refractivity (Wildman–Crippen MR) is 67.3 cm³/mol. The van der Waals surface area contributed by atoms with Crippen molar-refractivity contribution < 1.29 is 9.53 Å². The molecular formula is C12H21BrO2. The van der Waals surface area contributed by atoms with E-state index in [1.54, 1.807) is 0 Å². The van der Waals surface area contributed by atoms with E-state index in [9.17, 15) is 4.79 Å². The van der Waals surface area contributed by atoms with Crippen LogP contribution in [0.1, 0.15) is 44.9 Å². The van der Waals surface area contributed by atoms with E-state index in [-0.39, 0.29) is 5.97 Å². The molecule has 0 rings (SSSR count). The van der Waals surface area contributed by atoms with E-state index in [1.165, 1.54) is 32.8 Å². The first-order chi connectivity index (χ1) is 7.31. The highest BCUT2D eigenvalue weighted by molar-refractivity contribution is 9.09. The minimum Gasteiger partial charge on any atom is -0.469 e. The molecule has 0 aliphatic rings. The van der Waals surface area contributed by atoms with Crippen molar-refractivity contribution in [3.05, 3.63) is 12.2 Å². The van der Waals surface area contributed by atoms with Crippen molar-refractivity contribution in [2.75, 3.05) is 12.4 Å². The number of methoxy groups -OCH3 is 1. The zero-order valence-electron chi connectivity index (χ0n) is 9.51. The number of allylic oxidation sites excluding steroid dienone is 2. The Labute approximate surface area is 101 Å². The number of esters is 1. The van der Waals surface area contributed by atoms with E-state index < -0.39 is 0 Å². The van der Waals surface area contributed by atoms with Crippen LogP contribution in [0, 0.1) is 0 Å². The van der Waals surface area contributed by atoms with Gasteiger partial charge >= 0.3 is 5.97 Å². The summed E-state index contributed by atoms with van der Waals surface area (Å²) >= 11 is 3.34. The maximum absolute atomic E-state index is 10.8. The van der Waals surface area contributed by atoms with Gasteiger partial charge in [-0.3, -0.25) is 4.79 Å². The van der Waals surface area contributed by atoms with Crippen LogP contribution in [0.5, 0.6) is 0 Å². The van der Waals surface area contributed by atoms with Gasteiger partial charge in [-0.05, 0) is 19.3 Å². The number of alkyl halides is 1. The molecule has 0 aliphatic carbocycles. The molecule has 0 amide bonds. The van der Waals surface area contributed by atoms with Crippen molar-refractivity contribution in [3.8, 4) is 0 Å². The Morgan fingerprint density at radius 1 is 1.13 bits per heavy atom. The lowest BCUT2D eigenvalue weighted by Crippen LogP contribution is -1.98. The molecule has 0 aromatic rings.